The summed E-state index contributed by atoms with van der Waals surface area (Å²) in [7, 11) is 0. The van der Waals surface area contributed by atoms with Gasteiger partial charge in [0.05, 0.1) is 0 Å². The molecule has 1 N–H and O–H groups in total. The molecule has 1 heterocycles. The zero-order valence-electron chi connectivity index (χ0n) is 13.0. The van der Waals surface area contributed by atoms with Gasteiger partial charge >= 0.3 is 0 Å². The van der Waals surface area contributed by atoms with Crippen molar-refractivity contribution in [1.82, 2.24) is 10.2 Å². The highest BCUT2D eigenvalue weighted by molar-refractivity contribution is 4.94. The van der Waals surface area contributed by atoms with Gasteiger partial charge in [0.2, 0.25) is 0 Å². The second-order valence-corrected chi connectivity index (χ2v) is 8.10. The van der Waals surface area contributed by atoms with Crippen molar-refractivity contribution in [2.75, 3.05) is 26.2 Å². The summed E-state index contributed by atoms with van der Waals surface area (Å²) in [5.74, 6) is 4.26. The summed E-state index contributed by atoms with van der Waals surface area (Å²) in [6.45, 7) is 5.24. The van der Waals surface area contributed by atoms with Crippen molar-refractivity contribution in [3.8, 4) is 0 Å². The summed E-state index contributed by atoms with van der Waals surface area (Å²) < 4.78 is 0. The zero-order chi connectivity index (χ0) is 13.4. The smallest absolute Gasteiger partial charge is 0.0249 e. The normalized spacial score (nSPS) is 43.2. The van der Waals surface area contributed by atoms with Gasteiger partial charge in [0.15, 0.2) is 0 Å². The lowest BCUT2D eigenvalue weighted by molar-refractivity contribution is 0.0671. The van der Waals surface area contributed by atoms with Crippen molar-refractivity contribution in [2.45, 2.75) is 63.8 Å². The van der Waals surface area contributed by atoms with Crippen molar-refractivity contribution in [2.24, 2.45) is 23.7 Å². The van der Waals surface area contributed by atoms with Crippen LogP contribution in [0.5, 0.6) is 0 Å². The van der Waals surface area contributed by atoms with Crippen LogP contribution in [0.25, 0.3) is 0 Å². The predicted molar refractivity (Wildman–Crippen MR) is 83.7 cm³/mol. The fourth-order valence-corrected chi connectivity index (χ4v) is 5.88. The van der Waals surface area contributed by atoms with Crippen LogP contribution in [0, 0.1) is 23.7 Å². The van der Waals surface area contributed by atoms with Gasteiger partial charge in [0.25, 0.3) is 0 Å². The third-order valence-electron chi connectivity index (χ3n) is 6.95. The van der Waals surface area contributed by atoms with Gasteiger partial charge in [-0.2, -0.15) is 0 Å². The molecule has 0 aromatic carbocycles. The lowest BCUT2D eigenvalue weighted by Crippen LogP contribution is -2.56. The molecule has 2 heteroatoms. The van der Waals surface area contributed by atoms with E-state index in [0.29, 0.717) is 0 Å². The maximum absolute atomic E-state index is 3.68. The number of nitrogens with one attached hydrogen (secondary N) is 1. The molecular weight excluding hydrogens is 244 g/mol. The molecule has 2 bridgehead atoms. The Labute approximate surface area is 124 Å². The minimum Gasteiger partial charge on any atom is -0.314 e. The minimum atomic E-state index is 0.864. The summed E-state index contributed by atoms with van der Waals surface area (Å²) in [6, 6.07) is 0.864. The summed E-state index contributed by atoms with van der Waals surface area (Å²) in [6.07, 6.45) is 13.7. The minimum absolute atomic E-state index is 0.864. The van der Waals surface area contributed by atoms with Crippen LogP contribution in [0.15, 0.2) is 0 Å². The average molecular weight is 276 g/mol. The fraction of sp³-hybridized carbons (Fsp3) is 1.00. The first-order valence-electron chi connectivity index (χ1n) is 9.35. The molecule has 4 atom stereocenters. The molecule has 0 amide bonds. The van der Waals surface area contributed by atoms with Crippen LogP contribution in [0.1, 0.15) is 57.8 Å². The van der Waals surface area contributed by atoms with Gasteiger partial charge in [-0.1, -0.05) is 25.7 Å². The highest BCUT2D eigenvalue weighted by atomic mass is 15.2. The van der Waals surface area contributed by atoms with Gasteiger partial charge in [-0.3, -0.25) is 4.90 Å². The largest absolute Gasteiger partial charge is 0.314 e. The van der Waals surface area contributed by atoms with Crippen molar-refractivity contribution in [3.05, 3.63) is 0 Å². The SMILES string of the molecule is C1CCC(C2CNCCN2CC2CC3CCC2C3)CC1. The van der Waals surface area contributed by atoms with Crippen LogP contribution in [0.2, 0.25) is 0 Å². The van der Waals surface area contributed by atoms with Gasteiger partial charge in [0.1, 0.15) is 0 Å². The quantitative estimate of drug-likeness (QED) is 0.851. The first kappa shape index (κ1) is 13.6. The van der Waals surface area contributed by atoms with Gasteiger partial charge < -0.3 is 5.32 Å². The Kier molecular flexibility index (Phi) is 4.05. The first-order chi connectivity index (χ1) is 9.90. The predicted octanol–water partition coefficient (Wildman–Crippen LogP) is 3.28. The Morgan fingerprint density at radius 1 is 0.900 bits per heavy atom. The molecule has 0 radical (unpaired) electrons. The molecule has 1 aliphatic heterocycles. The molecule has 0 aromatic heterocycles. The van der Waals surface area contributed by atoms with E-state index in [9.17, 15) is 0 Å². The third-order valence-corrected chi connectivity index (χ3v) is 6.95. The van der Waals surface area contributed by atoms with E-state index in [4.69, 9.17) is 0 Å². The Morgan fingerprint density at radius 2 is 1.80 bits per heavy atom. The number of piperazine rings is 1. The van der Waals surface area contributed by atoms with Gasteiger partial charge in [0, 0.05) is 32.2 Å². The number of hydrogen-bond acceptors (Lipinski definition) is 2. The lowest BCUT2D eigenvalue weighted by Gasteiger charge is -2.44. The summed E-state index contributed by atoms with van der Waals surface area (Å²) in [5.41, 5.74) is 0. The Balaban J connectivity index is 1.39. The Hall–Kier alpha value is -0.0800. The first-order valence-corrected chi connectivity index (χ1v) is 9.35. The maximum Gasteiger partial charge on any atom is 0.0249 e. The van der Waals surface area contributed by atoms with Crippen LogP contribution < -0.4 is 5.32 Å². The van der Waals surface area contributed by atoms with E-state index in [1.165, 1.54) is 58.3 Å². The third kappa shape index (κ3) is 2.66. The standard InChI is InChI=1S/C18H32N2/c1-2-4-15(5-3-1)18-12-19-8-9-20(18)13-17-11-14-6-7-16(17)10-14/h14-19H,1-13H2. The highest BCUT2D eigenvalue weighted by Gasteiger charge is 2.41. The second-order valence-electron chi connectivity index (χ2n) is 8.10. The number of nitrogens with zero attached hydrogens (tertiary/aromatic N) is 1. The zero-order valence-corrected chi connectivity index (χ0v) is 13.0. The monoisotopic (exact) mass is 276 g/mol. The summed E-state index contributed by atoms with van der Waals surface area (Å²) >= 11 is 0. The fourth-order valence-electron chi connectivity index (χ4n) is 5.88. The highest BCUT2D eigenvalue weighted by Crippen LogP contribution is 2.48. The average Bonchev–Trinajstić information content (AvgIpc) is 3.11. The van der Waals surface area contributed by atoms with E-state index >= 15 is 0 Å². The Bertz CT molecular complexity index is 323. The van der Waals surface area contributed by atoms with Crippen LogP contribution in [-0.2, 0) is 0 Å². The van der Waals surface area contributed by atoms with Crippen molar-refractivity contribution < 1.29 is 0 Å². The van der Waals surface area contributed by atoms with Gasteiger partial charge in [-0.25, -0.2) is 0 Å². The molecule has 4 rings (SSSR count). The molecular formula is C18H32N2. The van der Waals surface area contributed by atoms with E-state index in [1.54, 1.807) is 25.7 Å². The second kappa shape index (κ2) is 5.96. The Morgan fingerprint density at radius 3 is 2.55 bits per heavy atom. The number of fused-ring (bicyclic) bond motifs is 2. The maximum atomic E-state index is 3.68. The van der Waals surface area contributed by atoms with Gasteiger partial charge in [-0.15, -0.1) is 0 Å². The molecule has 4 aliphatic rings. The van der Waals surface area contributed by atoms with Crippen LogP contribution >= 0.6 is 0 Å². The number of rotatable bonds is 3. The van der Waals surface area contributed by atoms with E-state index < -0.39 is 0 Å². The van der Waals surface area contributed by atoms with E-state index in [2.05, 4.69) is 10.2 Å². The number of hydrogen-bond donors (Lipinski definition) is 1. The molecule has 3 saturated carbocycles. The van der Waals surface area contributed by atoms with Crippen molar-refractivity contribution in [3.63, 3.8) is 0 Å². The summed E-state index contributed by atoms with van der Waals surface area (Å²) in [4.78, 5) is 2.91. The van der Waals surface area contributed by atoms with E-state index in [0.717, 1.165) is 29.7 Å². The van der Waals surface area contributed by atoms with Crippen molar-refractivity contribution in [1.29, 1.82) is 0 Å². The molecule has 4 fully saturated rings. The van der Waals surface area contributed by atoms with E-state index in [-0.39, 0.29) is 0 Å². The van der Waals surface area contributed by atoms with E-state index in [1.807, 2.05) is 0 Å². The van der Waals surface area contributed by atoms with Crippen LogP contribution in [0.4, 0.5) is 0 Å². The molecule has 0 spiro atoms. The molecule has 4 unspecified atom stereocenters. The molecule has 1 saturated heterocycles. The van der Waals surface area contributed by atoms with Crippen molar-refractivity contribution >= 4 is 0 Å². The summed E-state index contributed by atoms with van der Waals surface area (Å²) in [5, 5.41) is 3.68. The van der Waals surface area contributed by atoms with Crippen LogP contribution in [0.3, 0.4) is 0 Å². The topological polar surface area (TPSA) is 15.3 Å². The molecule has 20 heavy (non-hydrogen) atoms. The van der Waals surface area contributed by atoms with Gasteiger partial charge in [-0.05, 0) is 55.8 Å². The molecule has 114 valence electrons. The molecule has 2 nitrogen and oxygen atoms in total. The molecule has 3 aliphatic carbocycles. The van der Waals surface area contributed by atoms with Crippen LogP contribution in [-0.4, -0.2) is 37.1 Å². The lowest BCUT2D eigenvalue weighted by atomic mass is 9.81. The molecule has 0 aromatic rings.